The zero-order valence-corrected chi connectivity index (χ0v) is 14.4. The van der Waals surface area contributed by atoms with Crippen molar-refractivity contribution in [2.24, 2.45) is 0 Å². The molecule has 0 unspecified atom stereocenters. The van der Waals surface area contributed by atoms with Crippen molar-refractivity contribution in [3.05, 3.63) is 15.9 Å². The molecule has 0 aliphatic heterocycles. The molecule has 1 amide bonds. The summed E-state index contributed by atoms with van der Waals surface area (Å²) in [6.45, 7) is 1.44. The van der Waals surface area contributed by atoms with Gasteiger partial charge in [-0.25, -0.2) is 8.78 Å². The number of rotatable bonds is 8. The maximum Gasteiger partial charge on any atom is 0.283 e. The van der Waals surface area contributed by atoms with Crippen molar-refractivity contribution in [2.75, 3.05) is 27.2 Å². The molecule has 1 fully saturated rings. The second-order valence-corrected chi connectivity index (χ2v) is 6.62. The van der Waals surface area contributed by atoms with E-state index < -0.39 is 6.43 Å². The van der Waals surface area contributed by atoms with Gasteiger partial charge in [0.25, 0.3) is 6.43 Å². The summed E-state index contributed by atoms with van der Waals surface area (Å²) in [5, 5.41) is 6.72. The fraction of sp³-hybridized carbons (Fsp3) is 0.714. The fourth-order valence-electron chi connectivity index (χ4n) is 2.29. The van der Waals surface area contributed by atoms with Crippen molar-refractivity contribution in [1.82, 2.24) is 20.0 Å². The van der Waals surface area contributed by atoms with Crippen LogP contribution >= 0.6 is 15.9 Å². The number of hydrogen-bond acceptors (Lipinski definition) is 3. The van der Waals surface area contributed by atoms with Crippen molar-refractivity contribution in [2.45, 2.75) is 38.2 Å². The highest BCUT2D eigenvalue weighted by molar-refractivity contribution is 9.10. The average molecular weight is 379 g/mol. The first-order valence-electron chi connectivity index (χ1n) is 7.35. The lowest BCUT2D eigenvalue weighted by Gasteiger charge is -2.11. The number of alkyl halides is 2. The van der Waals surface area contributed by atoms with Crippen LogP contribution in [0.25, 0.3) is 0 Å². The van der Waals surface area contributed by atoms with E-state index in [1.54, 1.807) is 0 Å². The van der Waals surface area contributed by atoms with Crippen LogP contribution in [0.3, 0.4) is 0 Å². The summed E-state index contributed by atoms with van der Waals surface area (Å²) >= 11 is 3.21. The normalized spacial score (nSPS) is 14.9. The predicted molar refractivity (Wildman–Crippen MR) is 83.0 cm³/mol. The standard InChI is InChI=1S/C14H21BrF2N4O/c1-20(2)7-3-6-18-10(22)8-21-13(9-4-5-9)11(15)12(19-21)14(16)17/h9,14H,3-8H2,1-2H3,(H,18,22). The summed E-state index contributed by atoms with van der Waals surface area (Å²) in [4.78, 5) is 14.0. The van der Waals surface area contributed by atoms with Crippen LogP contribution in [-0.2, 0) is 11.3 Å². The molecular weight excluding hydrogens is 358 g/mol. The third kappa shape index (κ3) is 4.49. The van der Waals surface area contributed by atoms with Gasteiger partial charge in [-0.3, -0.25) is 9.48 Å². The third-order valence-electron chi connectivity index (χ3n) is 3.52. The molecule has 1 aliphatic rings. The molecule has 1 aromatic heterocycles. The van der Waals surface area contributed by atoms with Gasteiger partial charge in [0.15, 0.2) is 0 Å². The maximum absolute atomic E-state index is 13.0. The van der Waals surface area contributed by atoms with Gasteiger partial charge in [0.1, 0.15) is 12.2 Å². The Bertz CT molecular complexity index is 529. The second-order valence-electron chi connectivity index (χ2n) is 5.82. The highest BCUT2D eigenvalue weighted by Crippen LogP contribution is 2.45. The summed E-state index contributed by atoms with van der Waals surface area (Å²) in [7, 11) is 3.94. The second kappa shape index (κ2) is 7.50. The molecule has 0 radical (unpaired) electrons. The minimum Gasteiger partial charge on any atom is -0.354 e. The first-order chi connectivity index (χ1) is 10.4. The van der Waals surface area contributed by atoms with E-state index >= 15 is 0 Å². The first kappa shape index (κ1) is 17.3. The molecule has 0 atom stereocenters. The molecule has 5 nitrogen and oxygen atoms in total. The summed E-state index contributed by atoms with van der Waals surface area (Å²) < 4.78 is 27.7. The monoisotopic (exact) mass is 378 g/mol. The van der Waals surface area contributed by atoms with Gasteiger partial charge in [0.2, 0.25) is 5.91 Å². The highest BCUT2D eigenvalue weighted by Gasteiger charge is 2.34. The number of hydrogen-bond donors (Lipinski definition) is 1. The average Bonchev–Trinajstić information content (AvgIpc) is 3.20. The smallest absolute Gasteiger partial charge is 0.283 e. The summed E-state index contributed by atoms with van der Waals surface area (Å²) in [6.07, 6.45) is 0.116. The summed E-state index contributed by atoms with van der Waals surface area (Å²) in [5.41, 5.74) is 0.445. The molecule has 22 heavy (non-hydrogen) atoms. The van der Waals surface area contributed by atoms with Crippen LogP contribution in [0.4, 0.5) is 8.78 Å². The Labute approximate surface area is 137 Å². The Morgan fingerprint density at radius 2 is 2.18 bits per heavy atom. The van der Waals surface area contributed by atoms with Crippen LogP contribution in [0.2, 0.25) is 0 Å². The number of nitrogens with zero attached hydrogens (tertiary/aromatic N) is 3. The topological polar surface area (TPSA) is 50.2 Å². The number of carbonyl (C=O) groups is 1. The van der Waals surface area contributed by atoms with Crippen molar-refractivity contribution < 1.29 is 13.6 Å². The largest absolute Gasteiger partial charge is 0.354 e. The maximum atomic E-state index is 13.0. The Morgan fingerprint density at radius 1 is 1.50 bits per heavy atom. The minimum atomic E-state index is -2.64. The molecular formula is C14H21BrF2N4O. The van der Waals surface area contributed by atoms with Gasteiger partial charge in [0, 0.05) is 12.5 Å². The van der Waals surface area contributed by atoms with Crippen molar-refractivity contribution in [1.29, 1.82) is 0 Å². The van der Waals surface area contributed by atoms with Gasteiger partial charge in [-0.2, -0.15) is 5.10 Å². The zero-order chi connectivity index (χ0) is 16.3. The number of nitrogens with one attached hydrogen (secondary N) is 1. The van der Waals surface area contributed by atoms with Crippen LogP contribution in [0, 0.1) is 0 Å². The molecule has 1 N–H and O–H groups in total. The minimum absolute atomic E-state index is 0.0148. The third-order valence-corrected chi connectivity index (χ3v) is 4.34. The van der Waals surface area contributed by atoms with Crippen LogP contribution in [0.15, 0.2) is 4.47 Å². The molecule has 8 heteroatoms. The number of carbonyl (C=O) groups excluding carboxylic acids is 1. The van der Waals surface area contributed by atoms with Crippen molar-refractivity contribution in [3.8, 4) is 0 Å². The fourth-order valence-corrected chi connectivity index (χ4v) is 3.07. The molecule has 1 saturated carbocycles. The molecule has 2 rings (SSSR count). The lowest BCUT2D eigenvalue weighted by atomic mass is 10.2. The van der Waals surface area contributed by atoms with Gasteiger partial charge in [-0.15, -0.1) is 0 Å². The molecule has 0 bridgehead atoms. The van der Waals surface area contributed by atoms with Crippen LogP contribution in [0.5, 0.6) is 0 Å². The van der Waals surface area contributed by atoms with E-state index in [1.165, 1.54) is 4.68 Å². The van der Waals surface area contributed by atoms with Crippen LogP contribution in [0.1, 0.15) is 43.0 Å². The predicted octanol–water partition coefficient (Wildman–Crippen LogP) is 2.53. The van der Waals surface area contributed by atoms with E-state index in [1.807, 2.05) is 19.0 Å². The van der Waals surface area contributed by atoms with Gasteiger partial charge < -0.3 is 10.2 Å². The molecule has 1 aliphatic carbocycles. The zero-order valence-electron chi connectivity index (χ0n) is 12.8. The Hall–Kier alpha value is -1.02. The molecule has 0 saturated heterocycles. The van der Waals surface area contributed by atoms with Crippen LogP contribution < -0.4 is 5.32 Å². The van der Waals surface area contributed by atoms with E-state index in [0.29, 0.717) is 11.0 Å². The van der Waals surface area contributed by atoms with Crippen molar-refractivity contribution in [3.63, 3.8) is 0 Å². The SMILES string of the molecule is CN(C)CCCNC(=O)Cn1nc(C(F)F)c(Br)c1C1CC1. The van der Waals surface area contributed by atoms with Gasteiger partial charge in [0.05, 0.1) is 10.2 Å². The lowest BCUT2D eigenvalue weighted by molar-refractivity contribution is -0.121. The number of amides is 1. The van der Waals surface area contributed by atoms with E-state index in [2.05, 4.69) is 26.3 Å². The molecule has 0 aromatic carbocycles. The van der Waals surface area contributed by atoms with Gasteiger partial charge in [-0.1, -0.05) is 0 Å². The lowest BCUT2D eigenvalue weighted by Crippen LogP contribution is -2.31. The molecule has 1 heterocycles. The Morgan fingerprint density at radius 3 is 2.73 bits per heavy atom. The first-order valence-corrected chi connectivity index (χ1v) is 8.15. The Balaban J connectivity index is 1.96. The number of halogens is 3. The van der Waals surface area contributed by atoms with E-state index in [-0.39, 0.29) is 24.1 Å². The Kier molecular flexibility index (Phi) is 5.91. The van der Waals surface area contributed by atoms with Crippen LogP contribution in [-0.4, -0.2) is 47.8 Å². The number of aromatic nitrogens is 2. The van der Waals surface area contributed by atoms with Gasteiger partial charge >= 0.3 is 0 Å². The van der Waals surface area contributed by atoms with E-state index in [4.69, 9.17) is 0 Å². The van der Waals surface area contributed by atoms with Crippen molar-refractivity contribution >= 4 is 21.8 Å². The molecule has 124 valence electrons. The molecule has 1 aromatic rings. The van der Waals surface area contributed by atoms with E-state index in [0.717, 1.165) is 31.5 Å². The van der Waals surface area contributed by atoms with E-state index in [9.17, 15) is 13.6 Å². The molecule has 0 spiro atoms. The van der Waals surface area contributed by atoms with Gasteiger partial charge in [-0.05, 0) is 55.8 Å². The highest BCUT2D eigenvalue weighted by atomic mass is 79.9. The quantitative estimate of drug-likeness (QED) is 0.707. The summed E-state index contributed by atoms with van der Waals surface area (Å²) in [5.74, 6) is 0.0346. The summed E-state index contributed by atoms with van der Waals surface area (Å²) in [6, 6.07) is 0.